The molecule has 0 radical (unpaired) electrons. The van der Waals surface area contributed by atoms with E-state index >= 15 is 0 Å². The summed E-state index contributed by atoms with van der Waals surface area (Å²) >= 11 is 0. The Morgan fingerprint density at radius 2 is 1.47 bits per heavy atom. The maximum absolute atomic E-state index is 13.2. The third-order valence-electron chi connectivity index (χ3n) is 5.86. The van der Waals surface area contributed by atoms with Crippen LogP contribution >= 0.6 is 0 Å². The second kappa shape index (κ2) is 11.3. The predicted molar refractivity (Wildman–Crippen MR) is 135 cm³/mol. The third-order valence-corrected chi connectivity index (χ3v) is 5.86. The fourth-order valence-electron chi connectivity index (χ4n) is 4.07. The van der Waals surface area contributed by atoms with Gasteiger partial charge in [0, 0.05) is 30.5 Å². The Kier molecular flexibility index (Phi) is 7.95. The van der Waals surface area contributed by atoms with Gasteiger partial charge in [0.1, 0.15) is 23.1 Å². The monoisotopic (exact) mass is 523 g/mol. The van der Waals surface area contributed by atoms with E-state index in [0.717, 1.165) is 11.5 Å². The van der Waals surface area contributed by atoms with Crippen molar-refractivity contribution in [1.82, 2.24) is 4.98 Å². The number of halogens is 3. The van der Waals surface area contributed by atoms with E-state index in [4.69, 9.17) is 14.2 Å². The molecule has 0 bridgehead atoms. The van der Waals surface area contributed by atoms with Gasteiger partial charge in [0.25, 0.3) is 0 Å². The van der Waals surface area contributed by atoms with Crippen LogP contribution in [0.4, 0.5) is 13.2 Å². The van der Waals surface area contributed by atoms with E-state index in [0.29, 0.717) is 34.1 Å². The summed E-state index contributed by atoms with van der Waals surface area (Å²) in [5, 5.41) is 0.718. The zero-order valence-electron chi connectivity index (χ0n) is 20.7. The molecule has 0 N–H and O–H groups in total. The first kappa shape index (κ1) is 26.7. The molecule has 0 saturated carbocycles. The number of fused-ring (bicyclic) bond motifs is 1. The number of nitrogens with zero attached hydrogens (tertiary/aromatic N) is 1. The maximum atomic E-state index is 13.2. The summed E-state index contributed by atoms with van der Waals surface area (Å²) in [7, 11) is 3.08. The molecule has 0 amide bonds. The normalized spacial score (nSPS) is 11.3. The van der Waals surface area contributed by atoms with Gasteiger partial charge in [-0.2, -0.15) is 13.2 Å². The first-order valence-electron chi connectivity index (χ1n) is 11.6. The minimum atomic E-state index is -4.56. The highest BCUT2D eigenvalue weighted by molar-refractivity contribution is 6.00. The number of methoxy groups -OCH3 is 2. The van der Waals surface area contributed by atoms with Gasteiger partial charge in [-0.3, -0.25) is 14.6 Å². The first-order valence-corrected chi connectivity index (χ1v) is 11.6. The number of rotatable bonds is 10. The van der Waals surface area contributed by atoms with E-state index < -0.39 is 30.4 Å². The lowest BCUT2D eigenvalue weighted by Gasteiger charge is -2.12. The summed E-state index contributed by atoms with van der Waals surface area (Å²) in [6.07, 6.45) is -3.88. The van der Waals surface area contributed by atoms with Crippen molar-refractivity contribution in [2.24, 2.45) is 0 Å². The summed E-state index contributed by atoms with van der Waals surface area (Å²) in [4.78, 5) is 29.1. The van der Waals surface area contributed by atoms with Gasteiger partial charge in [-0.05, 0) is 41.5 Å². The van der Waals surface area contributed by atoms with Crippen LogP contribution in [-0.2, 0) is 28.6 Å². The van der Waals surface area contributed by atoms with Gasteiger partial charge in [0.15, 0.2) is 11.5 Å². The molecule has 0 atom stereocenters. The fraction of sp³-hybridized carbons (Fsp3) is 0.207. The lowest BCUT2D eigenvalue weighted by Crippen LogP contribution is -2.15. The lowest BCUT2D eigenvalue weighted by atomic mass is 9.98. The minimum Gasteiger partial charge on any atom is -0.493 e. The largest absolute Gasteiger partial charge is 0.493 e. The zero-order valence-corrected chi connectivity index (χ0v) is 20.7. The van der Waals surface area contributed by atoms with E-state index in [1.54, 1.807) is 55.8 Å². The van der Waals surface area contributed by atoms with Crippen LogP contribution in [0, 0.1) is 0 Å². The molecule has 0 fully saturated rings. The smallest absolute Gasteiger partial charge is 0.416 e. The topological polar surface area (TPSA) is 74.7 Å². The number of aromatic nitrogens is 1. The Morgan fingerprint density at radius 1 is 0.816 bits per heavy atom. The van der Waals surface area contributed by atoms with Crippen molar-refractivity contribution in [3.63, 3.8) is 0 Å². The SMILES string of the molecule is COc1cc2nccc(Oc3ccc(CC(=O)CC(=O)Cc4ccccc4C(F)(F)F)cc3)c2cc1OC. The molecule has 1 heterocycles. The van der Waals surface area contributed by atoms with Gasteiger partial charge in [-0.25, -0.2) is 0 Å². The summed E-state index contributed by atoms with van der Waals surface area (Å²) < 4.78 is 56.2. The van der Waals surface area contributed by atoms with Crippen molar-refractivity contribution < 1.29 is 37.0 Å². The number of hydrogen-bond donors (Lipinski definition) is 0. The van der Waals surface area contributed by atoms with Crippen LogP contribution in [0.3, 0.4) is 0 Å². The van der Waals surface area contributed by atoms with Crippen molar-refractivity contribution in [3.05, 3.63) is 89.6 Å². The van der Waals surface area contributed by atoms with Gasteiger partial charge >= 0.3 is 6.18 Å². The van der Waals surface area contributed by atoms with Crippen LogP contribution in [0.25, 0.3) is 10.9 Å². The van der Waals surface area contributed by atoms with Crippen LogP contribution in [0.1, 0.15) is 23.1 Å². The molecule has 4 rings (SSSR count). The summed E-state index contributed by atoms with van der Waals surface area (Å²) in [6, 6.07) is 16.9. The number of ether oxygens (including phenoxy) is 3. The van der Waals surface area contributed by atoms with Gasteiger partial charge < -0.3 is 14.2 Å². The number of ketones is 2. The highest BCUT2D eigenvalue weighted by atomic mass is 19.4. The highest BCUT2D eigenvalue weighted by Crippen LogP contribution is 2.37. The molecular weight excluding hydrogens is 499 g/mol. The van der Waals surface area contributed by atoms with Crippen LogP contribution in [0.5, 0.6) is 23.0 Å². The van der Waals surface area contributed by atoms with E-state index in [2.05, 4.69) is 4.98 Å². The predicted octanol–water partition coefficient (Wildman–Crippen LogP) is 6.38. The number of Topliss-reactive ketones (excluding diaryl/α,β-unsaturated/α-hetero) is 2. The van der Waals surface area contributed by atoms with E-state index in [1.165, 1.54) is 25.3 Å². The average Bonchev–Trinajstić information content (AvgIpc) is 2.88. The molecule has 196 valence electrons. The van der Waals surface area contributed by atoms with Crippen LogP contribution in [0.2, 0.25) is 0 Å². The fourth-order valence-corrected chi connectivity index (χ4v) is 4.07. The van der Waals surface area contributed by atoms with Crippen molar-refractivity contribution in [2.75, 3.05) is 14.2 Å². The van der Waals surface area contributed by atoms with Gasteiger partial charge in [0.2, 0.25) is 0 Å². The van der Waals surface area contributed by atoms with E-state index in [-0.39, 0.29) is 17.8 Å². The lowest BCUT2D eigenvalue weighted by molar-refractivity contribution is -0.138. The summed E-state index contributed by atoms with van der Waals surface area (Å²) in [5.41, 5.74) is 0.302. The molecule has 6 nitrogen and oxygen atoms in total. The number of alkyl halides is 3. The molecule has 0 aliphatic rings. The van der Waals surface area contributed by atoms with Crippen molar-refractivity contribution >= 4 is 22.5 Å². The Morgan fingerprint density at radius 3 is 2.16 bits per heavy atom. The molecule has 0 aliphatic carbocycles. The van der Waals surface area contributed by atoms with E-state index in [9.17, 15) is 22.8 Å². The number of hydrogen-bond acceptors (Lipinski definition) is 6. The number of carbonyl (C=O) groups excluding carboxylic acids is 2. The molecule has 38 heavy (non-hydrogen) atoms. The first-order chi connectivity index (χ1) is 18.2. The Hall–Kier alpha value is -4.40. The maximum Gasteiger partial charge on any atom is 0.416 e. The number of benzene rings is 3. The quantitative estimate of drug-likeness (QED) is 0.225. The summed E-state index contributed by atoms with van der Waals surface area (Å²) in [5.74, 6) is 1.19. The van der Waals surface area contributed by atoms with E-state index in [1.807, 2.05) is 0 Å². The molecule has 1 aromatic heterocycles. The molecule has 0 unspecified atom stereocenters. The molecule has 3 aromatic carbocycles. The molecule has 0 saturated heterocycles. The van der Waals surface area contributed by atoms with Crippen molar-refractivity contribution in [1.29, 1.82) is 0 Å². The molecule has 0 spiro atoms. The van der Waals surface area contributed by atoms with Crippen LogP contribution in [0.15, 0.2) is 72.9 Å². The highest BCUT2D eigenvalue weighted by Gasteiger charge is 2.33. The van der Waals surface area contributed by atoms with Crippen LogP contribution in [-0.4, -0.2) is 30.8 Å². The molecule has 9 heteroatoms. The molecular formula is C29H24F3NO5. The third kappa shape index (κ3) is 6.29. The average molecular weight is 524 g/mol. The second-order valence-electron chi connectivity index (χ2n) is 8.54. The summed E-state index contributed by atoms with van der Waals surface area (Å²) in [6.45, 7) is 0. The number of carbonyl (C=O) groups is 2. The Bertz CT molecular complexity index is 1470. The van der Waals surface area contributed by atoms with Gasteiger partial charge in [-0.15, -0.1) is 0 Å². The van der Waals surface area contributed by atoms with Crippen molar-refractivity contribution in [2.45, 2.75) is 25.4 Å². The second-order valence-corrected chi connectivity index (χ2v) is 8.54. The van der Waals surface area contributed by atoms with Crippen LogP contribution < -0.4 is 14.2 Å². The minimum absolute atomic E-state index is 0.0257. The zero-order chi connectivity index (χ0) is 27.3. The Balaban J connectivity index is 1.39. The molecule has 0 aliphatic heterocycles. The number of pyridine rings is 1. The standard InChI is InChI=1S/C29H24F3NO5/c1-36-27-16-23-25(17-28(27)37-2)33-12-11-26(23)38-22-9-7-18(8-10-22)13-20(34)15-21(35)14-19-5-3-4-6-24(19)29(30,31)32/h3-12,16-17H,13-15H2,1-2H3. The van der Waals surface area contributed by atoms with Crippen molar-refractivity contribution in [3.8, 4) is 23.0 Å². The Labute approximate surface area is 217 Å². The molecule has 4 aromatic rings. The van der Waals surface area contributed by atoms with Gasteiger partial charge in [-0.1, -0.05) is 30.3 Å². The van der Waals surface area contributed by atoms with Gasteiger partial charge in [0.05, 0.1) is 31.7 Å².